The van der Waals surface area contributed by atoms with Crippen LogP contribution in [0.2, 0.25) is 0 Å². The van der Waals surface area contributed by atoms with E-state index in [1.54, 1.807) is 13.8 Å². The largest absolute Gasteiger partial charge is 0.283 e. The highest BCUT2D eigenvalue weighted by Gasteiger charge is 2.22. The SMILES string of the molecule is CCN(CC)S(=O)(=O)c1cccc(NS(=O)(=O)CCl)c1. The molecular weight excluding hydrogens is 324 g/mol. The van der Waals surface area contributed by atoms with E-state index >= 15 is 0 Å². The summed E-state index contributed by atoms with van der Waals surface area (Å²) in [5.41, 5.74) is 0.166. The lowest BCUT2D eigenvalue weighted by Crippen LogP contribution is -2.30. The fourth-order valence-electron chi connectivity index (χ4n) is 1.64. The number of halogens is 1. The van der Waals surface area contributed by atoms with E-state index in [-0.39, 0.29) is 10.6 Å². The zero-order valence-corrected chi connectivity index (χ0v) is 13.6. The average Bonchev–Trinajstić information content (AvgIpc) is 2.39. The third-order valence-corrected chi connectivity index (χ3v) is 6.34. The van der Waals surface area contributed by atoms with E-state index in [9.17, 15) is 16.8 Å². The zero-order valence-electron chi connectivity index (χ0n) is 11.2. The van der Waals surface area contributed by atoms with Gasteiger partial charge in [-0.05, 0) is 18.2 Å². The van der Waals surface area contributed by atoms with Crippen LogP contribution in [0.25, 0.3) is 0 Å². The number of hydrogen-bond acceptors (Lipinski definition) is 4. The van der Waals surface area contributed by atoms with Gasteiger partial charge in [0.1, 0.15) is 5.21 Å². The number of nitrogens with zero attached hydrogens (tertiary/aromatic N) is 1. The highest BCUT2D eigenvalue weighted by Crippen LogP contribution is 2.20. The molecule has 0 bridgehead atoms. The van der Waals surface area contributed by atoms with Crippen LogP contribution in [0.1, 0.15) is 13.8 Å². The Morgan fingerprint density at radius 3 is 2.25 bits per heavy atom. The van der Waals surface area contributed by atoms with Crippen molar-refractivity contribution in [2.45, 2.75) is 18.7 Å². The number of rotatable bonds is 7. The fraction of sp³-hybridized carbons (Fsp3) is 0.455. The number of alkyl halides is 1. The Labute approximate surface area is 124 Å². The molecule has 1 aromatic rings. The lowest BCUT2D eigenvalue weighted by atomic mass is 10.3. The maximum atomic E-state index is 12.3. The molecule has 0 unspecified atom stereocenters. The molecule has 6 nitrogen and oxygen atoms in total. The highest BCUT2D eigenvalue weighted by atomic mass is 35.5. The Morgan fingerprint density at radius 2 is 1.75 bits per heavy atom. The maximum absolute atomic E-state index is 12.3. The highest BCUT2D eigenvalue weighted by molar-refractivity contribution is 7.93. The molecule has 0 radical (unpaired) electrons. The predicted octanol–water partition coefficient (Wildman–Crippen LogP) is 1.66. The van der Waals surface area contributed by atoms with E-state index < -0.39 is 25.3 Å². The van der Waals surface area contributed by atoms with Gasteiger partial charge in [0.2, 0.25) is 20.0 Å². The molecule has 0 saturated heterocycles. The van der Waals surface area contributed by atoms with Crippen LogP contribution in [0.3, 0.4) is 0 Å². The summed E-state index contributed by atoms with van der Waals surface area (Å²) in [4.78, 5) is 0.0379. The van der Waals surface area contributed by atoms with Crippen LogP contribution < -0.4 is 4.72 Å². The molecule has 1 rings (SSSR count). The second kappa shape index (κ2) is 6.75. The maximum Gasteiger partial charge on any atom is 0.246 e. The summed E-state index contributed by atoms with van der Waals surface area (Å²) in [6, 6.07) is 5.64. The summed E-state index contributed by atoms with van der Waals surface area (Å²) in [5, 5.41) is -0.597. The third kappa shape index (κ3) is 4.08. The molecule has 0 aliphatic carbocycles. The van der Waals surface area contributed by atoms with Crippen molar-refractivity contribution in [2.75, 3.05) is 23.0 Å². The van der Waals surface area contributed by atoms with E-state index in [1.165, 1.54) is 28.6 Å². The Morgan fingerprint density at radius 1 is 1.15 bits per heavy atom. The minimum absolute atomic E-state index is 0.0379. The van der Waals surface area contributed by atoms with Gasteiger partial charge in [-0.3, -0.25) is 4.72 Å². The Kier molecular flexibility index (Phi) is 5.81. The second-order valence-electron chi connectivity index (χ2n) is 3.94. The number of benzene rings is 1. The van der Waals surface area contributed by atoms with Gasteiger partial charge in [0, 0.05) is 18.8 Å². The van der Waals surface area contributed by atoms with Gasteiger partial charge >= 0.3 is 0 Å². The first-order valence-electron chi connectivity index (χ1n) is 5.93. The summed E-state index contributed by atoms with van der Waals surface area (Å²) < 4.78 is 50.9. The van der Waals surface area contributed by atoms with Crippen LogP contribution in [0.5, 0.6) is 0 Å². The molecule has 1 aromatic carbocycles. The Balaban J connectivity index is 3.17. The van der Waals surface area contributed by atoms with Crippen molar-refractivity contribution < 1.29 is 16.8 Å². The Hall–Kier alpha value is -0.830. The van der Waals surface area contributed by atoms with Crippen LogP contribution >= 0.6 is 11.6 Å². The molecule has 0 atom stereocenters. The predicted molar refractivity (Wildman–Crippen MR) is 79.8 cm³/mol. The lowest BCUT2D eigenvalue weighted by Gasteiger charge is -2.18. The van der Waals surface area contributed by atoms with Crippen molar-refractivity contribution in [1.82, 2.24) is 4.31 Å². The molecule has 1 N–H and O–H groups in total. The van der Waals surface area contributed by atoms with Crippen molar-refractivity contribution in [3.8, 4) is 0 Å². The van der Waals surface area contributed by atoms with Gasteiger partial charge in [0.25, 0.3) is 0 Å². The van der Waals surface area contributed by atoms with Gasteiger partial charge in [0.05, 0.1) is 4.90 Å². The van der Waals surface area contributed by atoms with Crippen molar-refractivity contribution >= 4 is 37.3 Å². The van der Waals surface area contributed by atoms with Gasteiger partial charge < -0.3 is 0 Å². The van der Waals surface area contributed by atoms with Gasteiger partial charge in [-0.2, -0.15) is 4.31 Å². The quantitative estimate of drug-likeness (QED) is 0.765. The molecule has 0 heterocycles. The van der Waals surface area contributed by atoms with Crippen LogP contribution in [0.4, 0.5) is 5.69 Å². The minimum Gasteiger partial charge on any atom is -0.283 e. The summed E-state index contributed by atoms with van der Waals surface area (Å²) in [5.74, 6) is 0. The van der Waals surface area contributed by atoms with Crippen LogP contribution in [0.15, 0.2) is 29.2 Å². The van der Waals surface area contributed by atoms with Crippen molar-refractivity contribution in [3.63, 3.8) is 0 Å². The van der Waals surface area contributed by atoms with Crippen LogP contribution in [-0.2, 0) is 20.0 Å². The molecule has 0 amide bonds. The molecule has 114 valence electrons. The molecule has 0 aliphatic heterocycles. The molecule has 0 aromatic heterocycles. The molecule has 20 heavy (non-hydrogen) atoms. The number of nitrogens with one attached hydrogen (secondary N) is 1. The summed E-state index contributed by atoms with van der Waals surface area (Å²) >= 11 is 5.29. The lowest BCUT2D eigenvalue weighted by molar-refractivity contribution is 0.445. The first-order chi connectivity index (χ1) is 9.26. The van der Waals surface area contributed by atoms with E-state index in [4.69, 9.17) is 11.6 Å². The van der Waals surface area contributed by atoms with Gasteiger partial charge in [0.15, 0.2) is 0 Å². The minimum atomic E-state index is -3.66. The fourth-order valence-corrected chi connectivity index (χ4v) is 3.85. The second-order valence-corrected chi connectivity index (χ2v) is 8.19. The first-order valence-corrected chi connectivity index (χ1v) is 9.56. The topological polar surface area (TPSA) is 83.6 Å². The molecule has 0 saturated carbocycles. The van der Waals surface area contributed by atoms with E-state index in [1.807, 2.05) is 0 Å². The van der Waals surface area contributed by atoms with E-state index in [0.717, 1.165) is 0 Å². The van der Waals surface area contributed by atoms with Crippen molar-refractivity contribution in [2.24, 2.45) is 0 Å². The smallest absolute Gasteiger partial charge is 0.246 e. The van der Waals surface area contributed by atoms with Gasteiger partial charge in [-0.15, -0.1) is 11.6 Å². The summed E-state index contributed by atoms with van der Waals surface area (Å²) in [6.07, 6.45) is 0. The summed E-state index contributed by atoms with van der Waals surface area (Å²) in [7, 11) is -7.28. The average molecular weight is 341 g/mol. The molecule has 0 spiro atoms. The molecular formula is C11H17ClN2O4S2. The van der Waals surface area contributed by atoms with E-state index in [2.05, 4.69) is 4.72 Å². The third-order valence-electron chi connectivity index (χ3n) is 2.59. The number of anilines is 1. The monoisotopic (exact) mass is 340 g/mol. The van der Waals surface area contributed by atoms with Crippen LogP contribution in [-0.4, -0.2) is 39.4 Å². The summed E-state index contributed by atoms with van der Waals surface area (Å²) in [6.45, 7) is 4.16. The van der Waals surface area contributed by atoms with E-state index in [0.29, 0.717) is 13.1 Å². The Bertz CT molecular complexity index is 655. The zero-order chi connectivity index (χ0) is 15.4. The number of sulfonamides is 2. The number of hydrogen-bond donors (Lipinski definition) is 1. The first kappa shape index (κ1) is 17.2. The van der Waals surface area contributed by atoms with Crippen molar-refractivity contribution in [3.05, 3.63) is 24.3 Å². The van der Waals surface area contributed by atoms with Gasteiger partial charge in [-0.1, -0.05) is 19.9 Å². The molecule has 0 aliphatic rings. The van der Waals surface area contributed by atoms with Crippen molar-refractivity contribution in [1.29, 1.82) is 0 Å². The standard InChI is InChI=1S/C11H17ClN2O4S2/c1-3-14(4-2)20(17,18)11-7-5-6-10(8-11)13-19(15,16)9-12/h5-8,13H,3-4,9H2,1-2H3. The molecule has 0 fully saturated rings. The normalized spacial score (nSPS) is 12.6. The van der Waals surface area contributed by atoms with Gasteiger partial charge in [-0.25, -0.2) is 16.8 Å². The molecule has 9 heteroatoms. The van der Waals surface area contributed by atoms with Crippen LogP contribution in [0, 0.1) is 0 Å².